The zero-order chi connectivity index (χ0) is 55.0. The molecular weight excluding hydrogens is 1010 g/mol. The molecule has 0 amide bonds. The van der Waals surface area contributed by atoms with E-state index >= 15 is 0 Å². The highest BCUT2D eigenvalue weighted by atomic mass is 31.3. The molecule has 0 radical (unpaired) electrons. The van der Waals surface area contributed by atoms with E-state index in [9.17, 15) is 43.5 Å². The molecule has 7 atom stereocenters. The number of unbranched alkanes of at least 4 members (excludes halogenated alkanes) is 19. The van der Waals surface area contributed by atoms with Crippen LogP contribution < -0.4 is 11.4 Å². The number of aromatic nitrogens is 2. The predicted molar refractivity (Wildman–Crippen MR) is 290 cm³/mol. The molecule has 2 rings (SSSR count). The van der Waals surface area contributed by atoms with Gasteiger partial charge >= 0.3 is 33.3 Å². The third kappa shape index (κ3) is 34.9. The van der Waals surface area contributed by atoms with Crippen molar-refractivity contribution in [3.63, 3.8) is 0 Å². The standard InChI is InChI=1S/C54H93N3O16P2/c1-45(2)36-32-28-24-20-16-12-8-5-6-9-13-17-21-25-29-33-37-49(59)68-42-46(71-50(60)38-34-30-26-22-18-14-10-4-3-7-11-15-19-23-27-31-35-41-58)43-69-74(64,65)73-75(66,67)70-44-47-51(61)52(62)53(72-47)57-40-39-48(55)56-54(57)63/h3,7,10,14-15,19,22,26,39-40,45-47,51-53,58,61-62H,4-6,8-9,11-13,16-18,20-21,23-25,27-38,41-44H2,1-2H3,(H,64,65)(H,66,67)(H2,55,56,63)/b7-3-,14-10-,19-15-,26-22-/t46-,47-,51-,52-,53-/m1/s1. The number of carbonyl (C=O) groups is 2. The first kappa shape index (κ1) is 67.8. The Hall–Kier alpha value is -3.32. The van der Waals surface area contributed by atoms with Crippen LogP contribution in [-0.4, -0.2) is 97.4 Å². The van der Waals surface area contributed by atoms with Gasteiger partial charge in [-0.2, -0.15) is 9.29 Å². The van der Waals surface area contributed by atoms with Gasteiger partial charge in [0.05, 0.1) is 13.2 Å². The quantitative estimate of drug-likeness (QED) is 0.0153. The zero-order valence-corrected chi connectivity index (χ0v) is 46.7. The van der Waals surface area contributed by atoms with Gasteiger partial charge in [0.1, 0.15) is 30.7 Å². The van der Waals surface area contributed by atoms with Crippen LogP contribution in [0.15, 0.2) is 65.7 Å². The maximum atomic E-state index is 12.9. The normalized spacial score (nSPS) is 19.2. The monoisotopic (exact) mass is 1100 g/mol. The minimum Gasteiger partial charge on any atom is -0.462 e. The van der Waals surface area contributed by atoms with Gasteiger partial charge in [0.2, 0.25) is 0 Å². The smallest absolute Gasteiger partial charge is 0.462 e. The molecule has 1 aliphatic heterocycles. The van der Waals surface area contributed by atoms with Crippen molar-refractivity contribution in [3.05, 3.63) is 71.4 Å². The van der Waals surface area contributed by atoms with Crippen LogP contribution in [0.2, 0.25) is 0 Å². The summed E-state index contributed by atoms with van der Waals surface area (Å²) in [4.78, 5) is 62.0. The lowest BCUT2D eigenvalue weighted by molar-refractivity contribution is -0.161. The number of hydrogen-bond acceptors (Lipinski definition) is 16. The van der Waals surface area contributed by atoms with Crippen LogP contribution in [0.1, 0.15) is 200 Å². The molecule has 21 heteroatoms. The predicted octanol–water partition coefficient (Wildman–Crippen LogP) is 10.9. The SMILES string of the molecule is CC(C)CCCCCCCCCCCCCCCCCCC(=O)OC[C@H](COP(=O)(O)OP(=O)(O)OC[C@H]1O[C@@H](n2ccc(N)nc2=O)[C@H](O)[C@@H]1O)OC(=O)CCC/C=C\C/C=C\C/C=C\C/C=C\CCCCCO. The van der Waals surface area contributed by atoms with E-state index in [2.05, 4.69) is 53.5 Å². The molecule has 0 bridgehead atoms. The molecule has 2 heterocycles. The van der Waals surface area contributed by atoms with Gasteiger partial charge in [-0.1, -0.05) is 172 Å². The zero-order valence-electron chi connectivity index (χ0n) is 45.0. The van der Waals surface area contributed by atoms with Crippen molar-refractivity contribution >= 4 is 33.4 Å². The summed E-state index contributed by atoms with van der Waals surface area (Å²) in [5, 5.41) is 29.8. The summed E-state index contributed by atoms with van der Waals surface area (Å²) < 4.78 is 56.8. The van der Waals surface area contributed by atoms with Gasteiger partial charge < -0.3 is 45.1 Å². The van der Waals surface area contributed by atoms with Crippen LogP contribution in [0.25, 0.3) is 0 Å². The van der Waals surface area contributed by atoms with E-state index in [0.29, 0.717) is 19.3 Å². The highest BCUT2D eigenvalue weighted by molar-refractivity contribution is 7.61. The summed E-state index contributed by atoms with van der Waals surface area (Å²) in [5.74, 6) is -0.567. The number of phosphoric acid groups is 2. The van der Waals surface area contributed by atoms with Crippen LogP contribution in [0.5, 0.6) is 0 Å². The lowest BCUT2D eigenvalue weighted by Crippen LogP contribution is -2.36. The van der Waals surface area contributed by atoms with E-state index in [1.54, 1.807) is 0 Å². The molecule has 19 nitrogen and oxygen atoms in total. The molecule has 1 aliphatic rings. The highest BCUT2D eigenvalue weighted by Gasteiger charge is 2.46. The number of phosphoric ester groups is 2. The second-order valence-electron chi connectivity index (χ2n) is 19.6. The number of hydrogen-bond donors (Lipinski definition) is 6. The van der Waals surface area contributed by atoms with Gasteiger partial charge in [-0.15, -0.1) is 0 Å². The molecule has 1 aromatic rings. The summed E-state index contributed by atoms with van der Waals surface area (Å²) in [5.41, 5.74) is 4.59. The van der Waals surface area contributed by atoms with E-state index in [4.69, 9.17) is 34.1 Å². The topological polar surface area (TPSA) is 286 Å². The first-order valence-electron chi connectivity index (χ1n) is 27.6. The number of esters is 2. The Morgan fingerprint density at radius 3 is 1.72 bits per heavy atom. The Bertz CT molecular complexity index is 1960. The first-order chi connectivity index (χ1) is 36.0. The summed E-state index contributed by atoms with van der Waals surface area (Å²) >= 11 is 0. The second-order valence-corrected chi connectivity index (χ2v) is 22.7. The Morgan fingerprint density at radius 2 is 1.17 bits per heavy atom. The van der Waals surface area contributed by atoms with E-state index in [-0.39, 0.29) is 25.3 Å². The summed E-state index contributed by atoms with van der Waals surface area (Å²) in [7, 11) is -10.9. The Morgan fingerprint density at radius 1 is 0.680 bits per heavy atom. The number of ether oxygens (including phenoxy) is 3. The fraction of sp³-hybridized carbons (Fsp3) is 0.741. The largest absolute Gasteiger partial charge is 0.481 e. The van der Waals surface area contributed by atoms with Gasteiger partial charge in [-0.3, -0.25) is 23.2 Å². The average Bonchev–Trinajstić information content (AvgIpc) is 3.64. The maximum Gasteiger partial charge on any atom is 0.481 e. The third-order valence-electron chi connectivity index (χ3n) is 12.4. The van der Waals surface area contributed by atoms with Crippen LogP contribution >= 0.6 is 15.6 Å². The van der Waals surface area contributed by atoms with Gasteiger partial charge in [-0.25, -0.2) is 13.9 Å². The molecule has 1 aromatic heterocycles. The Labute approximate surface area is 446 Å². The van der Waals surface area contributed by atoms with E-state index in [0.717, 1.165) is 87.3 Å². The summed E-state index contributed by atoms with van der Waals surface area (Å²) in [6.45, 7) is 2.46. The Balaban J connectivity index is 1.78. The van der Waals surface area contributed by atoms with Crippen molar-refractivity contribution in [1.29, 1.82) is 0 Å². The molecule has 0 aromatic carbocycles. The molecule has 7 N–H and O–H groups in total. The number of allylic oxidation sites excluding steroid dienone is 8. The number of rotatable bonds is 46. The molecule has 430 valence electrons. The second kappa shape index (κ2) is 41.7. The van der Waals surface area contributed by atoms with Crippen molar-refractivity contribution in [3.8, 4) is 0 Å². The number of aliphatic hydroxyl groups is 3. The molecular formula is C54H93N3O16P2. The number of nitrogens with two attached hydrogens (primary N) is 1. The summed E-state index contributed by atoms with van der Waals surface area (Å²) in [6.07, 6.45) is 37.8. The first-order valence-corrected chi connectivity index (χ1v) is 30.6. The molecule has 0 spiro atoms. The number of anilines is 1. The lowest BCUT2D eigenvalue weighted by atomic mass is 10.0. The molecule has 1 fully saturated rings. The molecule has 75 heavy (non-hydrogen) atoms. The highest BCUT2D eigenvalue weighted by Crippen LogP contribution is 2.60. The number of carbonyl (C=O) groups excluding carboxylic acids is 2. The fourth-order valence-electron chi connectivity index (χ4n) is 8.12. The lowest BCUT2D eigenvalue weighted by Gasteiger charge is -2.21. The summed E-state index contributed by atoms with van der Waals surface area (Å²) in [6, 6.07) is 1.24. The third-order valence-corrected chi connectivity index (χ3v) is 15.0. The van der Waals surface area contributed by atoms with Crippen LogP contribution in [0.3, 0.4) is 0 Å². The van der Waals surface area contributed by atoms with Gasteiger partial charge in [0.15, 0.2) is 12.3 Å². The van der Waals surface area contributed by atoms with Crippen LogP contribution in [0, 0.1) is 5.92 Å². The van der Waals surface area contributed by atoms with Crippen LogP contribution in [-0.2, 0) is 46.3 Å². The number of aliphatic hydroxyl groups excluding tert-OH is 3. The van der Waals surface area contributed by atoms with Crippen LogP contribution in [0.4, 0.5) is 5.82 Å². The minimum absolute atomic E-state index is 0.0352. The van der Waals surface area contributed by atoms with E-state index < -0.39 is 83.7 Å². The van der Waals surface area contributed by atoms with E-state index in [1.807, 2.05) is 18.2 Å². The molecule has 0 aliphatic carbocycles. The number of nitrogens with zero attached hydrogens (tertiary/aromatic N) is 2. The van der Waals surface area contributed by atoms with Gasteiger partial charge in [-0.05, 0) is 69.8 Å². The minimum atomic E-state index is -5.44. The van der Waals surface area contributed by atoms with Crippen molar-refractivity contribution in [1.82, 2.24) is 9.55 Å². The van der Waals surface area contributed by atoms with Crippen molar-refractivity contribution in [2.24, 2.45) is 5.92 Å². The molecule has 0 saturated carbocycles. The molecule has 1 saturated heterocycles. The average molecular weight is 1100 g/mol. The fourth-order valence-corrected chi connectivity index (χ4v) is 10.2. The van der Waals surface area contributed by atoms with Gasteiger partial charge in [0, 0.05) is 25.6 Å². The van der Waals surface area contributed by atoms with E-state index in [1.165, 1.54) is 83.1 Å². The Kier molecular flexibility index (Phi) is 37.7. The van der Waals surface area contributed by atoms with Gasteiger partial charge in [0.25, 0.3) is 0 Å². The molecule has 2 unspecified atom stereocenters. The maximum absolute atomic E-state index is 12.9. The van der Waals surface area contributed by atoms with Crippen molar-refractivity contribution in [2.75, 3.05) is 32.2 Å². The van der Waals surface area contributed by atoms with Crippen molar-refractivity contribution in [2.45, 2.75) is 224 Å². The number of nitrogen functional groups attached to an aromatic ring is 1. The van der Waals surface area contributed by atoms with Crippen molar-refractivity contribution < 1.29 is 71.4 Å².